The lowest BCUT2D eigenvalue weighted by Gasteiger charge is -2.15. The van der Waals surface area contributed by atoms with Gasteiger partial charge in [0.05, 0.1) is 6.54 Å². The van der Waals surface area contributed by atoms with Crippen molar-refractivity contribution >= 4 is 29.4 Å². The van der Waals surface area contributed by atoms with E-state index in [1.165, 1.54) is 12.1 Å². The number of nitrogens with one attached hydrogen (secondary N) is 2. The maximum atomic E-state index is 11.7. The minimum Gasteiger partial charge on any atom is -0.479 e. The number of carbonyl (C=O) groups excluding carboxylic acids is 2. The van der Waals surface area contributed by atoms with Crippen molar-refractivity contribution in [1.82, 2.24) is 10.6 Å². The Morgan fingerprint density at radius 2 is 1.81 bits per heavy atom. The molecule has 0 spiro atoms. The van der Waals surface area contributed by atoms with Crippen LogP contribution in [-0.4, -0.2) is 29.4 Å². The quantitative estimate of drug-likeness (QED) is 0.711. The summed E-state index contributed by atoms with van der Waals surface area (Å²) in [6, 6.07) is 4.95. The molecule has 0 heterocycles. The van der Waals surface area contributed by atoms with Gasteiger partial charge in [0, 0.05) is 11.4 Å². The van der Waals surface area contributed by atoms with Crippen molar-refractivity contribution < 1.29 is 19.5 Å². The Morgan fingerprint density at radius 1 is 1.19 bits per heavy atom. The molecule has 1 unspecified atom stereocenters. The van der Waals surface area contributed by atoms with Crippen LogP contribution in [-0.2, 0) is 14.4 Å². The van der Waals surface area contributed by atoms with E-state index in [0.29, 0.717) is 23.4 Å². The first-order valence-corrected chi connectivity index (χ1v) is 6.86. The summed E-state index contributed by atoms with van der Waals surface area (Å²) >= 11 is 5.73. The second-order valence-corrected chi connectivity index (χ2v) is 4.85. The normalized spacial score (nSPS) is 11.5. The van der Waals surface area contributed by atoms with Gasteiger partial charge < -0.3 is 15.7 Å². The zero-order valence-corrected chi connectivity index (χ0v) is 12.3. The van der Waals surface area contributed by atoms with Gasteiger partial charge in [0.2, 0.25) is 11.8 Å². The minimum atomic E-state index is -1.19. The van der Waals surface area contributed by atoms with E-state index in [-0.39, 0.29) is 12.5 Å². The predicted octanol–water partition coefficient (Wildman–Crippen LogP) is 1.50. The van der Waals surface area contributed by atoms with Gasteiger partial charge in [-0.2, -0.15) is 0 Å². The topological polar surface area (TPSA) is 95.5 Å². The first-order valence-electron chi connectivity index (χ1n) is 6.48. The zero-order chi connectivity index (χ0) is 15.8. The molecule has 7 heteroatoms. The summed E-state index contributed by atoms with van der Waals surface area (Å²) in [4.78, 5) is 34.2. The van der Waals surface area contributed by atoms with Crippen LogP contribution >= 0.6 is 11.6 Å². The second-order valence-electron chi connectivity index (χ2n) is 4.42. The van der Waals surface area contributed by atoms with Crippen LogP contribution in [0.15, 0.2) is 24.3 Å². The lowest BCUT2D eigenvalue weighted by Crippen LogP contribution is -2.40. The van der Waals surface area contributed by atoms with Crippen molar-refractivity contribution in [3.63, 3.8) is 0 Å². The van der Waals surface area contributed by atoms with Gasteiger partial charge in [-0.05, 0) is 24.1 Å². The summed E-state index contributed by atoms with van der Waals surface area (Å²) < 4.78 is 0. The highest BCUT2D eigenvalue weighted by Crippen LogP contribution is 2.16. The lowest BCUT2D eigenvalue weighted by atomic mass is 10.1. The summed E-state index contributed by atoms with van der Waals surface area (Å²) in [5.41, 5.74) is 0.403. The number of carbonyl (C=O) groups is 3. The number of hydrogen-bond donors (Lipinski definition) is 3. The van der Waals surface area contributed by atoms with Gasteiger partial charge >= 0.3 is 5.97 Å². The molecule has 114 valence electrons. The van der Waals surface area contributed by atoms with Gasteiger partial charge in [-0.15, -0.1) is 0 Å². The summed E-state index contributed by atoms with van der Waals surface area (Å²) in [5.74, 6) is -2.00. The molecule has 0 bridgehead atoms. The highest BCUT2D eigenvalue weighted by atomic mass is 35.5. The molecule has 21 heavy (non-hydrogen) atoms. The van der Waals surface area contributed by atoms with Crippen molar-refractivity contribution in [2.45, 2.75) is 25.8 Å². The number of amides is 2. The molecule has 0 fully saturated rings. The molecule has 2 amide bonds. The molecule has 0 radical (unpaired) electrons. The Morgan fingerprint density at radius 3 is 2.33 bits per heavy atom. The van der Waals surface area contributed by atoms with Crippen LogP contribution in [0.1, 0.15) is 31.4 Å². The van der Waals surface area contributed by atoms with Crippen LogP contribution in [0.25, 0.3) is 0 Å². The van der Waals surface area contributed by atoms with Crippen LogP contribution in [0.4, 0.5) is 0 Å². The largest absolute Gasteiger partial charge is 0.479 e. The van der Waals surface area contributed by atoms with Crippen LogP contribution < -0.4 is 10.6 Å². The molecular weight excluding hydrogens is 296 g/mol. The Kier molecular flexibility index (Phi) is 6.68. The molecule has 0 aliphatic heterocycles. The summed E-state index contributed by atoms with van der Waals surface area (Å²) in [6.07, 6.45) is 1.00. The van der Waals surface area contributed by atoms with Gasteiger partial charge in [-0.25, -0.2) is 4.79 Å². The number of aliphatic carboxylic acids is 1. The highest BCUT2D eigenvalue weighted by Gasteiger charge is 2.22. The molecule has 3 N–H and O–H groups in total. The molecule has 1 aromatic rings. The van der Waals surface area contributed by atoms with Crippen LogP contribution in [0, 0.1) is 0 Å². The number of rotatable bonds is 7. The summed E-state index contributed by atoms with van der Waals surface area (Å²) in [7, 11) is 0. The maximum Gasteiger partial charge on any atom is 0.330 e. The Balaban J connectivity index is 2.62. The average molecular weight is 313 g/mol. The lowest BCUT2D eigenvalue weighted by molar-refractivity contribution is -0.141. The molecule has 1 aromatic carbocycles. The van der Waals surface area contributed by atoms with Crippen molar-refractivity contribution in [2.24, 2.45) is 0 Å². The van der Waals surface area contributed by atoms with Crippen LogP contribution in [0.2, 0.25) is 5.02 Å². The molecule has 0 aliphatic carbocycles. The SMILES string of the molecule is CCCC(=O)NCC(=O)NC(C(=O)O)c1ccc(Cl)cc1. The third-order valence-electron chi connectivity index (χ3n) is 2.68. The fourth-order valence-electron chi connectivity index (χ4n) is 1.65. The smallest absolute Gasteiger partial charge is 0.330 e. The highest BCUT2D eigenvalue weighted by molar-refractivity contribution is 6.30. The van der Waals surface area contributed by atoms with E-state index in [2.05, 4.69) is 10.6 Å². The van der Waals surface area contributed by atoms with E-state index in [1.54, 1.807) is 12.1 Å². The first-order chi connectivity index (χ1) is 9.93. The van der Waals surface area contributed by atoms with Crippen LogP contribution in [0.5, 0.6) is 0 Å². The second kappa shape index (κ2) is 8.26. The molecule has 0 aromatic heterocycles. The monoisotopic (exact) mass is 312 g/mol. The standard InChI is InChI=1S/C14H17ClN2O4/c1-2-3-11(18)16-8-12(19)17-13(14(20)21)9-4-6-10(15)7-5-9/h4-7,13H,2-3,8H2,1H3,(H,16,18)(H,17,19)(H,20,21). The summed E-state index contributed by atoms with van der Waals surface area (Å²) in [5, 5.41) is 14.4. The minimum absolute atomic E-state index is 0.244. The summed E-state index contributed by atoms with van der Waals surface area (Å²) in [6.45, 7) is 1.59. The van der Waals surface area contributed by atoms with E-state index >= 15 is 0 Å². The zero-order valence-electron chi connectivity index (χ0n) is 11.6. The maximum absolute atomic E-state index is 11.7. The van der Waals surface area contributed by atoms with Gasteiger partial charge in [0.1, 0.15) is 0 Å². The Labute approximate surface area is 127 Å². The van der Waals surface area contributed by atoms with E-state index < -0.39 is 17.9 Å². The molecule has 0 saturated carbocycles. The van der Waals surface area contributed by atoms with E-state index in [0.717, 1.165) is 0 Å². The molecule has 1 rings (SSSR count). The first kappa shape index (κ1) is 17.0. The van der Waals surface area contributed by atoms with E-state index in [1.807, 2.05) is 6.92 Å². The fourth-order valence-corrected chi connectivity index (χ4v) is 1.78. The Bertz CT molecular complexity index is 516. The molecule has 0 saturated heterocycles. The third kappa shape index (κ3) is 5.83. The van der Waals surface area contributed by atoms with Crippen molar-refractivity contribution in [3.8, 4) is 0 Å². The van der Waals surface area contributed by atoms with Gasteiger partial charge in [0.25, 0.3) is 0 Å². The average Bonchev–Trinajstić information content (AvgIpc) is 2.44. The third-order valence-corrected chi connectivity index (χ3v) is 2.93. The number of hydrogen-bond acceptors (Lipinski definition) is 3. The van der Waals surface area contributed by atoms with E-state index in [4.69, 9.17) is 11.6 Å². The van der Waals surface area contributed by atoms with Crippen molar-refractivity contribution in [3.05, 3.63) is 34.9 Å². The van der Waals surface area contributed by atoms with Crippen molar-refractivity contribution in [1.29, 1.82) is 0 Å². The predicted molar refractivity (Wildman–Crippen MR) is 77.9 cm³/mol. The molecule has 1 atom stereocenters. The number of benzene rings is 1. The number of carboxylic acids is 1. The fraction of sp³-hybridized carbons (Fsp3) is 0.357. The van der Waals surface area contributed by atoms with Gasteiger partial charge in [-0.1, -0.05) is 30.7 Å². The van der Waals surface area contributed by atoms with Gasteiger partial charge in [0.15, 0.2) is 6.04 Å². The van der Waals surface area contributed by atoms with E-state index in [9.17, 15) is 19.5 Å². The number of halogens is 1. The number of carboxylic acid groups (broad SMARTS) is 1. The van der Waals surface area contributed by atoms with Gasteiger partial charge in [-0.3, -0.25) is 9.59 Å². The Hall–Kier alpha value is -2.08. The molecule has 6 nitrogen and oxygen atoms in total. The molecular formula is C14H17ClN2O4. The van der Waals surface area contributed by atoms with Crippen LogP contribution in [0.3, 0.4) is 0 Å². The molecule has 0 aliphatic rings. The van der Waals surface area contributed by atoms with Crippen molar-refractivity contribution in [2.75, 3.05) is 6.54 Å².